The van der Waals surface area contributed by atoms with E-state index in [0.717, 1.165) is 12.0 Å². The number of allylic oxidation sites excluding steroid dienone is 4. The molecular formula is C22H29BrO5. The number of halogens is 1. The normalized spacial score (nSPS) is 52.5. The van der Waals surface area contributed by atoms with Crippen LogP contribution in [-0.4, -0.2) is 49.5 Å². The SMILES string of the molecule is C[C@H]1C[C@H]2[C@@H]3CC[C@](O)(C(=O)CO)[C@@]3(C)C[C@H](O)[C@]2(Br)[C@@]2(C)C=CC(=O)C=C12. The lowest BCUT2D eigenvalue weighted by Gasteiger charge is -2.65. The summed E-state index contributed by atoms with van der Waals surface area (Å²) in [6.45, 7) is 5.39. The largest absolute Gasteiger partial charge is 0.392 e. The molecule has 0 aromatic carbocycles. The van der Waals surface area contributed by atoms with Gasteiger partial charge in [0.15, 0.2) is 11.6 Å². The summed E-state index contributed by atoms with van der Waals surface area (Å²) in [5.41, 5.74) is -1.89. The Labute approximate surface area is 174 Å². The monoisotopic (exact) mass is 452 g/mol. The zero-order valence-electron chi connectivity index (χ0n) is 16.6. The molecule has 0 heterocycles. The second-order valence-electron chi connectivity index (χ2n) is 9.77. The maximum atomic E-state index is 12.5. The number of aliphatic hydroxyl groups excluding tert-OH is 2. The van der Waals surface area contributed by atoms with Crippen molar-refractivity contribution >= 4 is 27.5 Å². The van der Waals surface area contributed by atoms with Crippen LogP contribution in [0.25, 0.3) is 0 Å². The Hall–Kier alpha value is -0.820. The third kappa shape index (κ3) is 2.18. The molecule has 0 bridgehead atoms. The molecule has 4 aliphatic rings. The van der Waals surface area contributed by atoms with E-state index in [-0.39, 0.29) is 30.0 Å². The quantitative estimate of drug-likeness (QED) is 0.558. The lowest BCUT2D eigenvalue weighted by Crippen LogP contribution is -2.69. The van der Waals surface area contributed by atoms with Gasteiger partial charge in [-0.1, -0.05) is 48.4 Å². The first-order valence-corrected chi connectivity index (χ1v) is 10.9. The molecule has 6 heteroatoms. The van der Waals surface area contributed by atoms with Crippen LogP contribution in [0.3, 0.4) is 0 Å². The van der Waals surface area contributed by atoms with Crippen LogP contribution in [-0.2, 0) is 9.59 Å². The van der Waals surface area contributed by atoms with Crippen molar-refractivity contribution in [3.05, 3.63) is 23.8 Å². The molecule has 0 aromatic rings. The van der Waals surface area contributed by atoms with Crippen LogP contribution in [0.4, 0.5) is 0 Å². The van der Waals surface area contributed by atoms with Gasteiger partial charge in [-0.2, -0.15) is 0 Å². The molecule has 3 fully saturated rings. The molecule has 0 amide bonds. The molecule has 3 saturated carbocycles. The molecule has 3 N–H and O–H groups in total. The van der Waals surface area contributed by atoms with Crippen LogP contribution in [0.15, 0.2) is 23.8 Å². The average Bonchev–Trinajstić information content (AvgIpc) is 2.91. The van der Waals surface area contributed by atoms with Crippen molar-refractivity contribution in [2.24, 2.45) is 28.6 Å². The number of hydrogen-bond acceptors (Lipinski definition) is 5. The highest BCUT2D eigenvalue weighted by Gasteiger charge is 2.73. The number of Topliss-reactive ketones (excluding diaryl/α,β-unsaturated/α-hetero) is 1. The number of alkyl halides is 1. The van der Waals surface area contributed by atoms with Gasteiger partial charge in [0, 0.05) is 10.8 Å². The summed E-state index contributed by atoms with van der Waals surface area (Å²) in [5.74, 6) is -0.357. The number of ketones is 2. The maximum absolute atomic E-state index is 12.5. The van der Waals surface area contributed by atoms with Crippen molar-refractivity contribution in [1.82, 2.24) is 0 Å². The van der Waals surface area contributed by atoms with Crippen molar-refractivity contribution in [2.45, 2.75) is 62.5 Å². The third-order valence-corrected chi connectivity index (χ3v) is 10.7. The summed E-state index contributed by atoms with van der Waals surface area (Å²) in [5, 5.41) is 32.2. The zero-order chi connectivity index (χ0) is 20.7. The Morgan fingerprint density at radius 2 is 2.00 bits per heavy atom. The van der Waals surface area contributed by atoms with Crippen molar-refractivity contribution in [3.63, 3.8) is 0 Å². The molecule has 0 aliphatic heterocycles. The Balaban J connectivity index is 1.84. The Morgan fingerprint density at radius 3 is 2.64 bits per heavy atom. The fourth-order valence-electron chi connectivity index (χ4n) is 7.19. The van der Waals surface area contributed by atoms with Gasteiger partial charge in [0.05, 0.1) is 10.4 Å². The first-order valence-electron chi connectivity index (χ1n) is 10.1. The second kappa shape index (κ2) is 6.10. The van der Waals surface area contributed by atoms with Gasteiger partial charge in [0.25, 0.3) is 0 Å². The van der Waals surface area contributed by atoms with E-state index < -0.39 is 39.2 Å². The number of aliphatic hydroxyl groups is 3. The highest BCUT2D eigenvalue weighted by Crippen LogP contribution is 2.71. The first kappa shape index (κ1) is 20.5. The minimum atomic E-state index is -1.61. The molecule has 0 aromatic heterocycles. The number of rotatable bonds is 2. The fraction of sp³-hybridized carbons (Fsp3) is 0.727. The fourth-order valence-corrected chi connectivity index (χ4v) is 8.22. The molecule has 0 spiro atoms. The van der Waals surface area contributed by atoms with E-state index in [1.807, 2.05) is 13.0 Å². The second-order valence-corrected chi connectivity index (χ2v) is 11.1. The van der Waals surface area contributed by atoms with Gasteiger partial charge in [-0.05, 0) is 55.6 Å². The first-order chi connectivity index (χ1) is 13.0. The van der Waals surface area contributed by atoms with Crippen LogP contribution >= 0.6 is 15.9 Å². The molecule has 0 saturated heterocycles. The summed E-state index contributed by atoms with van der Waals surface area (Å²) in [6.07, 6.45) is 6.43. The van der Waals surface area contributed by atoms with Gasteiger partial charge in [-0.3, -0.25) is 9.59 Å². The summed E-state index contributed by atoms with van der Waals surface area (Å²) in [6, 6.07) is 0. The minimum absolute atomic E-state index is 0.0206. The van der Waals surface area contributed by atoms with E-state index in [1.54, 1.807) is 12.2 Å². The highest BCUT2D eigenvalue weighted by atomic mass is 79.9. The molecule has 4 aliphatic carbocycles. The van der Waals surface area contributed by atoms with Gasteiger partial charge in [-0.15, -0.1) is 0 Å². The summed E-state index contributed by atoms with van der Waals surface area (Å²) >= 11 is 3.97. The molecule has 8 atom stereocenters. The van der Waals surface area contributed by atoms with Gasteiger partial charge in [0.2, 0.25) is 0 Å². The van der Waals surface area contributed by atoms with Crippen molar-refractivity contribution in [3.8, 4) is 0 Å². The van der Waals surface area contributed by atoms with E-state index in [2.05, 4.69) is 29.8 Å². The van der Waals surface area contributed by atoms with E-state index in [9.17, 15) is 24.9 Å². The Kier molecular flexibility index (Phi) is 4.45. The van der Waals surface area contributed by atoms with Gasteiger partial charge >= 0.3 is 0 Å². The van der Waals surface area contributed by atoms with E-state index in [1.165, 1.54) is 0 Å². The molecule has 0 radical (unpaired) electrons. The summed E-state index contributed by atoms with van der Waals surface area (Å²) in [7, 11) is 0. The third-order valence-electron chi connectivity index (χ3n) is 8.73. The van der Waals surface area contributed by atoms with Gasteiger partial charge in [0.1, 0.15) is 12.2 Å². The molecular weight excluding hydrogens is 424 g/mol. The summed E-state index contributed by atoms with van der Waals surface area (Å²) < 4.78 is -0.673. The Morgan fingerprint density at radius 1 is 1.32 bits per heavy atom. The van der Waals surface area contributed by atoms with Crippen LogP contribution in [0.1, 0.15) is 46.5 Å². The van der Waals surface area contributed by atoms with E-state index in [4.69, 9.17) is 0 Å². The van der Waals surface area contributed by atoms with Crippen LogP contribution in [0, 0.1) is 28.6 Å². The maximum Gasteiger partial charge on any atom is 0.190 e. The standard InChI is InChI=1S/C22H29BrO5/c1-12-8-16-14-5-7-21(28,18(27)11-24)20(14,3)10-17(26)22(16,23)19(2)6-4-13(25)9-15(12)19/h4,6,9,12,14,16-17,24,26,28H,5,7-8,10-11H2,1-3H3/t12-,14-,16-,17-,19-,20-,21-,22-/m0/s1. The Bertz CT molecular complexity index is 805. The van der Waals surface area contributed by atoms with Crippen molar-refractivity contribution < 1.29 is 24.9 Å². The van der Waals surface area contributed by atoms with Crippen molar-refractivity contribution in [1.29, 1.82) is 0 Å². The average molecular weight is 453 g/mol. The van der Waals surface area contributed by atoms with E-state index >= 15 is 0 Å². The highest BCUT2D eigenvalue weighted by molar-refractivity contribution is 9.10. The van der Waals surface area contributed by atoms with Crippen molar-refractivity contribution in [2.75, 3.05) is 6.61 Å². The van der Waals surface area contributed by atoms with Crippen LogP contribution in [0.2, 0.25) is 0 Å². The van der Waals surface area contributed by atoms with Gasteiger partial charge in [-0.25, -0.2) is 0 Å². The molecule has 28 heavy (non-hydrogen) atoms. The number of fused-ring (bicyclic) bond motifs is 5. The minimum Gasteiger partial charge on any atom is -0.392 e. The van der Waals surface area contributed by atoms with Crippen LogP contribution in [0.5, 0.6) is 0 Å². The zero-order valence-corrected chi connectivity index (χ0v) is 18.2. The summed E-state index contributed by atoms with van der Waals surface area (Å²) in [4.78, 5) is 24.5. The van der Waals surface area contributed by atoms with Crippen LogP contribution < -0.4 is 0 Å². The number of carbonyl (C=O) groups is 2. The topological polar surface area (TPSA) is 94.8 Å². The van der Waals surface area contributed by atoms with Gasteiger partial charge < -0.3 is 15.3 Å². The lowest BCUT2D eigenvalue weighted by atomic mass is 9.44. The van der Waals surface area contributed by atoms with E-state index in [0.29, 0.717) is 12.8 Å². The molecule has 154 valence electrons. The lowest BCUT2D eigenvalue weighted by molar-refractivity contribution is -0.173. The molecule has 4 rings (SSSR count). The smallest absolute Gasteiger partial charge is 0.190 e. The number of hydrogen-bond donors (Lipinski definition) is 3. The molecule has 5 nitrogen and oxygen atoms in total. The number of carbonyl (C=O) groups excluding carboxylic acids is 2. The molecule has 0 unspecified atom stereocenters. The predicted octanol–water partition coefficient (Wildman–Crippen LogP) is 2.32. The predicted molar refractivity (Wildman–Crippen MR) is 108 cm³/mol.